The van der Waals surface area contributed by atoms with E-state index in [-0.39, 0.29) is 50.7 Å². The van der Waals surface area contributed by atoms with Gasteiger partial charge in [0, 0.05) is 25.8 Å². The molecule has 0 heterocycles. The van der Waals surface area contributed by atoms with Crippen LogP contribution in [-0.4, -0.2) is 0 Å². The van der Waals surface area contributed by atoms with Crippen LogP contribution in [0.2, 0.25) is 0 Å². The summed E-state index contributed by atoms with van der Waals surface area (Å²) >= 11 is 0. The second kappa shape index (κ2) is 8.07. The van der Waals surface area contributed by atoms with Crippen molar-refractivity contribution in [3.8, 4) is 11.1 Å². The van der Waals surface area contributed by atoms with E-state index in [1.54, 1.807) is 0 Å². The first-order chi connectivity index (χ1) is 8.22. The van der Waals surface area contributed by atoms with Crippen molar-refractivity contribution in [1.82, 2.24) is 0 Å². The zero-order chi connectivity index (χ0) is 11.8. The van der Waals surface area contributed by atoms with Crippen molar-refractivity contribution < 1.29 is 25.8 Å². The smallest absolute Gasteiger partial charge is 0 e. The third kappa shape index (κ3) is 4.00. The van der Waals surface area contributed by atoms with Crippen LogP contribution >= 0.6 is 24.8 Å². The molecule has 104 valence electrons. The van der Waals surface area contributed by atoms with Crippen LogP contribution < -0.4 is 0 Å². The molecule has 0 saturated heterocycles. The van der Waals surface area contributed by atoms with E-state index in [2.05, 4.69) is 68.4 Å². The van der Waals surface area contributed by atoms with Gasteiger partial charge in [-0.3, -0.25) is 0 Å². The van der Waals surface area contributed by atoms with E-state index < -0.39 is 0 Å². The van der Waals surface area contributed by atoms with Gasteiger partial charge in [0.1, 0.15) is 0 Å². The summed E-state index contributed by atoms with van der Waals surface area (Å²) in [5.74, 6) is 0. The Bertz CT molecular complexity index is 633. The van der Waals surface area contributed by atoms with Crippen molar-refractivity contribution in [2.45, 2.75) is 13.8 Å². The van der Waals surface area contributed by atoms with Gasteiger partial charge in [-0.2, -0.15) is 0 Å². The molecule has 3 rings (SSSR count). The maximum absolute atomic E-state index is 2.27. The van der Waals surface area contributed by atoms with Gasteiger partial charge in [-0.05, 0) is 13.8 Å². The molecule has 3 aromatic rings. The first-order valence-corrected chi connectivity index (χ1v) is 5.96. The minimum absolute atomic E-state index is 0. The fourth-order valence-corrected chi connectivity index (χ4v) is 2.46. The Morgan fingerprint density at radius 2 is 1.40 bits per heavy atom. The molecular formula is C17H17Cl2Hf-. The van der Waals surface area contributed by atoms with E-state index >= 15 is 0 Å². The summed E-state index contributed by atoms with van der Waals surface area (Å²) in [5.41, 5.74) is 5.28. The zero-order valence-electron chi connectivity index (χ0n) is 11.5. The fraction of sp³-hybridized carbons (Fsp3) is 0.118. The molecule has 0 aliphatic carbocycles. The van der Waals surface area contributed by atoms with E-state index in [1.807, 2.05) is 0 Å². The number of fused-ring (bicyclic) bond motifs is 1. The van der Waals surface area contributed by atoms with E-state index in [9.17, 15) is 0 Å². The summed E-state index contributed by atoms with van der Waals surface area (Å²) in [5, 5.41) is 2.64. The molecule has 0 atom stereocenters. The van der Waals surface area contributed by atoms with Crippen molar-refractivity contribution >= 4 is 35.6 Å². The van der Waals surface area contributed by atoms with Crippen molar-refractivity contribution in [2.24, 2.45) is 0 Å². The average molecular weight is 471 g/mol. The molecule has 20 heavy (non-hydrogen) atoms. The maximum atomic E-state index is 2.27. The molecule has 3 aromatic carbocycles. The number of halogens is 2. The molecule has 0 aliphatic heterocycles. The Labute approximate surface area is 151 Å². The molecule has 0 N–H and O–H groups in total. The third-order valence-corrected chi connectivity index (χ3v) is 3.17. The van der Waals surface area contributed by atoms with Crippen LogP contribution in [0, 0.1) is 13.8 Å². The first-order valence-electron chi connectivity index (χ1n) is 5.96. The minimum atomic E-state index is 0. The minimum Gasteiger partial charge on any atom is -0.147 e. The van der Waals surface area contributed by atoms with Crippen LogP contribution in [0.5, 0.6) is 0 Å². The van der Waals surface area contributed by atoms with Gasteiger partial charge in [-0.15, -0.1) is 59.3 Å². The van der Waals surface area contributed by atoms with E-state index in [1.165, 1.54) is 33.0 Å². The van der Waals surface area contributed by atoms with Gasteiger partial charge in [0.05, 0.1) is 0 Å². The number of hydrogen-bond donors (Lipinski definition) is 0. The number of hydrogen-bond acceptors (Lipinski definition) is 0. The van der Waals surface area contributed by atoms with E-state index in [0.29, 0.717) is 0 Å². The molecule has 0 amide bonds. The summed E-state index contributed by atoms with van der Waals surface area (Å²) in [6, 6.07) is 19.8. The van der Waals surface area contributed by atoms with Crippen LogP contribution in [0.1, 0.15) is 11.1 Å². The van der Waals surface area contributed by atoms with Gasteiger partial charge in [0.25, 0.3) is 0 Å². The predicted molar refractivity (Wildman–Crippen MR) is 88.9 cm³/mol. The van der Waals surface area contributed by atoms with E-state index in [4.69, 9.17) is 0 Å². The third-order valence-electron chi connectivity index (χ3n) is 3.17. The van der Waals surface area contributed by atoms with Gasteiger partial charge in [-0.25, -0.2) is 0 Å². The number of aryl methyl sites for hydroxylation is 2. The van der Waals surface area contributed by atoms with Crippen molar-refractivity contribution in [2.75, 3.05) is 0 Å². The molecule has 0 spiro atoms. The molecule has 0 nitrogen and oxygen atoms in total. The van der Waals surface area contributed by atoms with Crippen molar-refractivity contribution in [3.63, 3.8) is 0 Å². The topological polar surface area (TPSA) is 0 Å². The fourth-order valence-electron chi connectivity index (χ4n) is 2.46. The Balaban J connectivity index is 0.00000120. The maximum Gasteiger partial charge on any atom is 0 e. The van der Waals surface area contributed by atoms with E-state index in [0.717, 1.165) is 0 Å². The Kier molecular flexibility index (Phi) is 7.87. The quantitative estimate of drug-likeness (QED) is 0.317. The Morgan fingerprint density at radius 1 is 0.800 bits per heavy atom. The van der Waals surface area contributed by atoms with Gasteiger partial charge in [0.15, 0.2) is 0 Å². The summed E-state index contributed by atoms with van der Waals surface area (Å²) in [6.45, 7) is 4.30. The molecule has 0 aromatic heterocycles. The van der Waals surface area contributed by atoms with Gasteiger partial charge < -0.3 is 0 Å². The van der Waals surface area contributed by atoms with Crippen molar-refractivity contribution in [3.05, 3.63) is 65.7 Å². The monoisotopic (exact) mass is 471 g/mol. The molecular weight excluding hydrogens is 454 g/mol. The van der Waals surface area contributed by atoms with Gasteiger partial charge >= 0.3 is 0 Å². The molecule has 0 unspecified atom stereocenters. The second-order valence-electron chi connectivity index (χ2n) is 4.75. The molecule has 0 fully saturated rings. The molecule has 0 aliphatic rings. The summed E-state index contributed by atoms with van der Waals surface area (Å²) in [7, 11) is 0. The molecule has 0 bridgehead atoms. The predicted octanol–water partition coefficient (Wildman–Crippen LogP) is 5.68. The zero-order valence-corrected chi connectivity index (χ0v) is 16.7. The standard InChI is InChI=1S/C17H15.2ClH.Hf/c1-12-7-13(2)9-16(8-12)17-10-14-5-3-4-6-15(14)11-17;;;/h3-11H,1-2H3;2*1H;/q-1;;;. The normalized spacial score (nSPS) is 9.30. The van der Waals surface area contributed by atoms with Crippen LogP contribution in [-0.2, 0) is 25.8 Å². The number of rotatable bonds is 1. The molecule has 0 saturated carbocycles. The summed E-state index contributed by atoms with van der Waals surface area (Å²) in [6.07, 6.45) is 0. The molecule has 3 heteroatoms. The van der Waals surface area contributed by atoms with Crippen LogP contribution in [0.25, 0.3) is 21.9 Å². The Morgan fingerprint density at radius 3 is 2.00 bits per heavy atom. The molecule has 0 radical (unpaired) electrons. The van der Waals surface area contributed by atoms with Crippen LogP contribution in [0.3, 0.4) is 0 Å². The summed E-state index contributed by atoms with van der Waals surface area (Å²) < 4.78 is 0. The van der Waals surface area contributed by atoms with Crippen LogP contribution in [0.4, 0.5) is 0 Å². The van der Waals surface area contributed by atoms with Gasteiger partial charge in [-0.1, -0.05) is 53.1 Å². The SMILES string of the molecule is Cc1cc(C)cc(-c2cc3ccccc3[cH-]2)c1.Cl.Cl.[Hf]. The second-order valence-corrected chi connectivity index (χ2v) is 4.75. The number of benzene rings is 2. The van der Waals surface area contributed by atoms with Crippen molar-refractivity contribution in [1.29, 1.82) is 0 Å². The van der Waals surface area contributed by atoms with Gasteiger partial charge in [0.2, 0.25) is 0 Å². The summed E-state index contributed by atoms with van der Waals surface area (Å²) in [4.78, 5) is 0. The Hall–Kier alpha value is -0.500. The van der Waals surface area contributed by atoms with Crippen LogP contribution in [0.15, 0.2) is 54.6 Å². The first kappa shape index (κ1) is 19.5. The largest absolute Gasteiger partial charge is 0.147 e. The average Bonchev–Trinajstić information content (AvgIpc) is 2.71.